The first-order valence-corrected chi connectivity index (χ1v) is 11.8. The highest BCUT2D eigenvalue weighted by Gasteiger charge is 2.21. The fourth-order valence-corrected chi connectivity index (χ4v) is 3.96. The molecule has 0 fully saturated rings. The number of rotatable bonds is 6. The van der Waals surface area contributed by atoms with Crippen LogP contribution >= 0.6 is 15.9 Å². The summed E-state index contributed by atoms with van der Waals surface area (Å²) in [6.07, 6.45) is 1.56. The van der Waals surface area contributed by atoms with Crippen LogP contribution in [0.4, 0.5) is 8.78 Å². The molecule has 2 heterocycles. The average Bonchev–Trinajstić information content (AvgIpc) is 2.85. The predicted molar refractivity (Wildman–Crippen MR) is 134 cm³/mol. The highest BCUT2D eigenvalue weighted by Crippen LogP contribution is 2.26. The van der Waals surface area contributed by atoms with Crippen LogP contribution in [0.25, 0.3) is 16.9 Å². The molecule has 186 valence electrons. The van der Waals surface area contributed by atoms with E-state index in [0.717, 1.165) is 6.07 Å². The van der Waals surface area contributed by atoms with Crippen LogP contribution in [0, 0.1) is 25.5 Å². The first-order valence-electron chi connectivity index (χ1n) is 11.0. The fourth-order valence-electron chi connectivity index (χ4n) is 3.58. The summed E-state index contributed by atoms with van der Waals surface area (Å²) >= 11 is 3.25. The molecule has 0 atom stereocenters. The second-order valence-corrected chi connectivity index (χ2v) is 9.52. The van der Waals surface area contributed by atoms with Crippen LogP contribution in [0.3, 0.4) is 0 Å². The number of aromatic nitrogens is 4. The molecule has 4 rings (SSSR count). The van der Waals surface area contributed by atoms with E-state index in [1.54, 1.807) is 51.2 Å². The number of hydrogen-bond donors (Lipinski definition) is 1. The standard InChI is InChI=1S/C26H23BrF2N4O3/c1-14-19(28)9-8-17(22(14)29)13-36-23-21(27)24(34)33(15(2)31-23)18-7-5-6-16(12-18)20-10-11-30-25(32-20)26(3,4)35/h5-12,35H,13H2,1-4H3. The van der Waals surface area contributed by atoms with Gasteiger partial charge in [0.15, 0.2) is 5.82 Å². The van der Waals surface area contributed by atoms with Crippen LogP contribution in [0.2, 0.25) is 0 Å². The maximum atomic E-state index is 14.3. The van der Waals surface area contributed by atoms with Gasteiger partial charge in [-0.1, -0.05) is 12.1 Å². The summed E-state index contributed by atoms with van der Waals surface area (Å²) in [7, 11) is 0. The number of aryl methyl sites for hydroxylation is 1. The number of ether oxygens (including phenoxy) is 1. The maximum absolute atomic E-state index is 14.3. The molecule has 0 saturated heterocycles. The lowest BCUT2D eigenvalue weighted by atomic mass is 10.1. The van der Waals surface area contributed by atoms with Crippen molar-refractivity contribution in [2.24, 2.45) is 0 Å². The second kappa shape index (κ2) is 9.87. The Morgan fingerprint density at radius 3 is 2.58 bits per heavy atom. The van der Waals surface area contributed by atoms with E-state index in [1.165, 1.54) is 17.6 Å². The van der Waals surface area contributed by atoms with E-state index in [2.05, 4.69) is 30.9 Å². The Morgan fingerprint density at radius 2 is 1.86 bits per heavy atom. The Bertz CT molecular complexity index is 1520. The predicted octanol–water partition coefficient (Wildman–Crippen LogP) is 5.15. The second-order valence-electron chi connectivity index (χ2n) is 8.73. The number of aliphatic hydroxyl groups is 1. The number of nitrogens with zero attached hydrogens (tertiary/aromatic N) is 4. The van der Waals surface area contributed by atoms with Crippen molar-refractivity contribution in [3.8, 4) is 22.8 Å². The van der Waals surface area contributed by atoms with Gasteiger partial charge in [-0.05, 0) is 74.0 Å². The van der Waals surface area contributed by atoms with E-state index in [-0.39, 0.29) is 33.9 Å². The molecule has 0 spiro atoms. The minimum absolute atomic E-state index is 0.00287. The normalized spacial score (nSPS) is 11.6. The maximum Gasteiger partial charge on any atom is 0.276 e. The highest BCUT2D eigenvalue weighted by atomic mass is 79.9. The van der Waals surface area contributed by atoms with Crippen molar-refractivity contribution in [1.82, 2.24) is 19.5 Å². The van der Waals surface area contributed by atoms with E-state index in [1.807, 2.05) is 6.07 Å². The quantitative estimate of drug-likeness (QED) is 0.353. The molecule has 0 amide bonds. The largest absolute Gasteiger partial charge is 0.472 e. The SMILES string of the molecule is Cc1c(F)ccc(COc2nc(C)n(-c3cccc(-c4ccnc(C(C)(C)O)n4)c3)c(=O)c2Br)c1F. The molecule has 0 bridgehead atoms. The summed E-state index contributed by atoms with van der Waals surface area (Å²) in [6, 6.07) is 11.3. The summed E-state index contributed by atoms with van der Waals surface area (Å²) in [5, 5.41) is 10.2. The van der Waals surface area contributed by atoms with Crippen molar-refractivity contribution < 1.29 is 18.6 Å². The number of halogens is 3. The summed E-state index contributed by atoms with van der Waals surface area (Å²) in [4.78, 5) is 26.2. The van der Waals surface area contributed by atoms with Gasteiger partial charge in [-0.25, -0.2) is 18.7 Å². The third kappa shape index (κ3) is 5.05. The molecule has 0 aliphatic rings. The average molecular weight is 557 g/mol. The fraction of sp³-hybridized carbons (Fsp3) is 0.231. The third-order valence-corrected chi connectivity index (χ3v) is 6.21. The van der Waals surface area contributed by atoms with Crippen LogP contribution in [0.1, 0.15) is 36.6 Å². The van der Waals surface area contributed by atoms with Gasteiger partial charge in [0, 0.05) is 22.9 Å². The zero-order chi connectivity index (χ0) is 26.2. The third-order valence-electron chi connectivity index (χ3n) is 5.53. The van der Waals surface area contributed by atoms with Crippen molar-refractivity contribution in [3.05, 3.63) is 97.9 Å². The van der Waals surface area contributed by atoms with Crippen LogP contribution in [-0.4, -0.2) is 24.6 Å². The van der Waals surface area contributed by atoms with Crippen LogP contribution < -0.4 is 10.3 Å². The van der Waals surface area contributed by atoms with Crippen LogP contribution in [-0.2, 0) is 12.2 Å². The molecule has 7 nitrogen and oxygen atoms in total. The Morgan fingerprint density at radius 1 is 1.11 bits per heavy atom. The Hall–Kier alpha value is -3.50. The highest BCUT2D eigenvalue weighted by molar-refractivity contribution is 9.10. The lowest BCUT2D eigenvalue weighted by Crippen LogP contribution is -2.24. The number of hydrogen-bond acceptors (Lipinski definition) is 6. The first kappa shape index (κ1) is 25.6. The summed E-state index contributed by atoms with van der Waals surface area (Å²) < 4.78 is 35.0. The summed E-state index contributed by atoms with van der Waals surface area (Å²) in [6.45, 7) is 5.96. The Balaban J connectivity index is 1.67. The molecule has 0 saturated carbocycles. The van der Waals surface area contributed by atoms with Crippen molar-refractivity contribution >= 4 is 15.9 Å². The van der Waals surface area contributed by atoms with Gasteiger partial charge in [0.25, 0.3) is 5.56 Å². The van der Waals surface area contributed by atoms with Crippen LogP contribution in [0.15, 0.2) is 57.9 Å². The van der Waals surface area contributed by atoms with Gasteiger partial charge in [-0.15, -0.1) is 0 Å². The van der Waals surface area contributed by atoms with Crippen molar-refractivity contribution in [1.29, 1.82) is 0 Å². The first-order chi connectivity index (χ1) is 17.0. The molecule has 0 radical (unpaired) electrons. The Labute approximate surface area is 214 Å². The van der Waals surface area contributed by atoms with E-state index in [0.29, 0.717) is 22.8 Å². The zero-order valence-corrected chi connectivity index (χ0v) is 21.6. The summed E-state index contributed by atoms with van der Waals surface area (Å²) in [5.74, 6) is -0.736. The molecule has 2 aromatic carbocycles. The van der Waals surface area contributed by atoms with E-state index >= 15 is 0 Å². The zero-order valence-electron chi connectivity index (χ0n) is 20.0. The minimum atomic E-state index is -1.21. The molecule has 10 heteroatoms. The molecular formula is C26H23BrF2N4O3. The van der Waals surface area contributed by atoms with Gasteiger partial charge in [0.2, 0.25) is 5.88 Å². The number of benzene rings is 2. The molecule has 0 unspecified atom stereocenters. The minimum Gasteiger partial charge on any atom is -0.472 e. The molecule has 1 N–H and O–H groups in total. The molecule has 2 aromatic heterocycles. The van der Waals surface area contributed by atoms with Crippen LogP contribution in [0.5, 0.6) is 5.88 Å². The topological polar surface area (TPSA) is 90.1 Å². The van der Waals surface area contributed by atoms with E-state index in [9.17, 15) is 18.7 Å². The van der Waals surface area contributed by atoms with Gasteiger partial charge in [0.05, 0.1) is 11.4 Å². The molecule has 4 aromatic rings. The van der Waals surface area contributed by atoms with E-state index in [4.69, 9.17) is 4.74 Å². The molecular weight excluding hydrogens is 534 g/mol. The Kier molecular flexibility index (Phi) is 7.01. The molecule has 0 aliphatic carbocycles. The lowest BCUT2D eigenvalue weighted by molar-refractivity contribution is 0.0688. The molecule has 0 aliphatic heterocycles. The van der Waals surface area contributed by atoms with Gasteiger partial charge in [-0.2, -0.15) is 4.98 Å². The van der Waals surface area contributed by atoms with Crippen molar-refractivity contribution in [2.75, 3.05) is 0 Å². The molecule has 36 heavy (non-hydrogen) atoms. The van der Waals surface area contributed by atoms with Gasteiger partial charge < -0.3 is 9.84 Å². The van der Waals surface area contributed by atoms with E-state index < -0.39 is 22.8 Å². The van der Waals surface area contributed by atoms with Crippen molar-refractivity contribution in [3.63, 3.8) is 0 Å². The monoisotopic (exact) mass is 556 g/mol. The smallest absolute Gasteiger partial charge is 0.276 e. The summed E-state index contributed by atoms with van der Waals surface area (Å²) in [5.41, 5.74) is 0.244. The van der Waals surface area contributed by atoms with Gasteiger partial charge in [-0.3, -0.25) is 9.36 Å². The lowest BCUT2D eigenvalue weighted by Gasteiger charge is -2.16. The van der Waals surface area contributed by atoms with Gasteiger partial charge >= 0.3 is 0 Å². The van der Waals surface area contributed by atoms with Crippen molar-refractivity contribution in [2.45, 2.75) is 39.9 Å². The van der Waals surface area contributed by atoms with Gasteiger partial charge in [0.1, 0.15) is 34.1 Å².